The quantitative estimate of drug-likeness (QED) is 0.611. The highest BCUT2D eigenvalue weighted by Gasteiger charge is 2.27. The van der Waals surface area contributed by atoms with Crippen LogP contribution in [0.5, 0.6) is 17.2 Å². The number of hydrogen-bond acceptors (Lipinski definition) is 8. The van der Waals surface area contributed by atoms with E-state index in [0.717, 1.165) is 6.07 Å². The van der Waals surface area contributed by atoms with Gasteiger partial charge in [0.15, 0.2) is 17.3 Å². The van der Waals surface area contributed by atoms with Crippen LogP contribution in [0.1, 0.15) is 50.2 Å². The first kappa shape index (κ1) is 22.3. The van der Waals surface area contributed by atoms with Crippen LogP contribution in [0.15, 0.2) is 33.5 Å². The minimum absolute atomic E-state index is 0.0246. The van der Waals surface area contributed by atoms with Gasteiger partial charge in [0.05, 0.1) is 32.2 Å². The molecular formula is C21H26O8. The Morgan fingerprint density at radius 1 is 1.21 bits per heavy atom. The van der Waals surface area contributed by atoms with Crippen molar-refractivity contribution in [3.05, 3.63) is 51.6 Å². The van der Waals surface area contributed by atoms with Gasteiger partial charge in [-0.25, -0.2) is 0 Å². The summed E-state index contributed by atoms with van der Waals surface area (Å²) >= 11 is 0. The SMILES string of the molecule is CCOC(=O)C[C@@H](c1ccc(OC(C)C)c(OC)c1)c1oc(CO)cc(=O)c1O. The second-order valence-corrected chi connectivity index (χ2v) is 6.59. The number of esters is 1. The fourth-order valence-corrected chi connectivity index (χ4v) is 2.87. The van der Waals surface area contributed by atoms with Gasteiger partial charge in [-0.2, -0.15) is 0 Å². The third-order valence-electron chi connectivity index (χ3n) is 4.10. The molecule has 0 amide bonds. The van der Waals surface area contributed by atoms with E-state index in [1.165, 1.54) is 7.11 Å². The Morgan fingerprint density at radius 2 is 1.93 bits per heavy atom. The third kappa shape index (κ3) is 5.51. The van der Waals surface area contributed by atoms with Crippen molar-refractivity contribution < 1.29 is 33.6 Å². The number of carbonyl (C=O) groups excluding carboxylic acids is 1. The number of methoxy groups -OCH3 is 1. The molecule has 1 atom stereocenters. The van der Waals surface area contributed by atoms with Crippen LogP contribution < -0.4 is 14.9 Å². The Bertz CT molecular complexity index is 900. The average Bonchev–Trinajstić information content (AvgIpc) is 2.68. The zero-order valence-electron chi connectivity index (χ0n) is 16.9. The maximum Gasteiger partial charge on any atom is 0.306 e. The number of benzene rings is 1. The zero-order chi connectivity index (χ0) is 21.6. The first-order chi connectivity index (χ1) is 13.8. The monoisotopic (exact) mass is 406 g/mol. The van der Waals surface area contributed by atoms with Crippen molar-refractivity contribution in [3.63, 3.8) is 0 Å². The van der Waals surface area contributed by atoms with Crippen LogP contribution in [0.4, 0.5) is 0 Å². The maximum absolute atomic E-state index is 12.2. The van der Waals surface area contributed by atoms with E-state index in [0.29, 0.717) is 17.1 Å². The van der Waals surface area contributed by atoms with Crippen molar-refractivity contribution in [3.8, 4) is 17.2 Å². The van der Waals surface area contributed by atoms with Gasteiger partial charge in [0, 0.05) is 6.07 Å². The molecule has 0 saturated carbocycles. The Kier molecular flexibility index (Phi) is 7.67. The molecule has 0 radical (unpaired) electrons. The highest BCUT2D eigenvalue weighted by atomic mass is 16.5. The van der Waals surface area contributed by atoms with E-state index in [-0.39, 0.29) is 30.7 Å². The summed E-state index contributed by atoms with van der Waals surface area (Å²) in [5.41, 5.74) is -0.171. The van der Waals surface area contributed by atoms with Gasteiger partial charge in [0.1, 0.15) is 12.4 Å². The molecule has 29 heavy (non-hydrogen) atoms. The first-order valence-electron chi connectivity index (χ1n) is 9.27. The molecule has 8 heteroatoms. The lowest BCUT2D eigenvalue weighted by molar-refractivity contribution is -0.143. The number of aliphatic hydroxyl groups is 1. The molecule has 1 heterocycles. The van der Waals surface area contributed by atoms with Crippen LogP contribution in [0, 0.1) is 0 Å². The van der Waals surface area contributed by atoms with Crippen molar-refractivity contribution in [1.82, 2.24) is 0 Å². The smallest absolute Gasteiger partial charge is 0.306 e. The van der Waals surface area contributed by atoms with Gasteiger partial charge >= 0.3 is 5.97 Å². The Labute approximate surface area is 168 Å². The van der Waals surface area contributed by atoms with Crippen LogP contribution in [0.2, 0.25) is 0 Å². The Hall–Kier alpha value is -3.00. The highest BCUT2D eigenvalue weighted by molar-refractivity contribution is 5.71. The molecule has 1 aromatic heterocycles. The number of rotatable bonds is 9. The third-order valence-corrected chi connectivity index (χ3v) is 4.10. The number of aliphatic hydroxyl groups excluding tert-OH is 1. The van der Waals surface area contributed by atoms with Gasteiger partial charge < -0.3 is 28.8 Å². The lowest BCUT2D eigenvalue weighted by atomic mass is 9.91. The largest absolute Gasteiger partial charge is 0.502 e. The molecule has 0 unspecified atom stereocenters. The summed E-state index contributed by atoms with van der Waals surface area (Å²) in [5, 5.41) is 19.7. The van der Waals surface area contributed by atoms with Crippen molar-refractivity contribution in [2.75, 3.05) is 13.7 Å². The van der Waals surface area contributed by atoms with Crippen molar-refractivity contribution in [2.24, 2.45) is 0 Å². The number of aromatic hydroxyl groups is 1. The second kappa shape index (κ2) is 9.97. The first-order valence-corrected chi connectivity index (χ1v) is 9.27. The molecule has 2 rings (SSSR count). The molecule has 0 aliphatic rings. The van der Waals surface area contributed by atoms with Crippen LogP contribution >= 0.6 is 0 Å². The molecule has 2 aromatic rings. The highest BCUT2D eigenvalue weighted by Crippen LogP contribution is 2.38. The predicted molar refractivity (Wildman–Crippen MR) is 104 cm³/mol. The van der Waals surface area contributed by atoms with Gasteiger partial charge in [-0.3, -0.25) is 9.59 Å². The summed E-state index contributed by atoms with van der Waals surface area (Å²) in [4.78, 5) is 24.3. The topological polar surface area (TPSA) is 115 Å². The summed E-state index contributed by atoms with van der Waals surface area (Å²) in [6.07, 6.45) is -0.263. The lowest BCUT2D eigenvalue weighted by Crippen LogP contribution is -2.15. The predicted octanol–water partition coefficient (Wildman–Crippen LogP) is 2.72. The molecule has 1 aromatic carbocycles. The summed E-state index contributed by atoms with van der Waals surface area (Å²) < 4.78 is 21.6. The van der Waals surface area contributed by atoms with Crippen molar-refractivity contribution >= 4 is 5.97 Å². The van der Waals surface area contributed by atoms with E-state index >= 15 is 0 Å². The van der Waals surface area contributed by atoms with Gasteiger partial charge in [-0.1, -0.05) is 6.07 Å². The van der Waals surface area contributed by atoms with E-state index in [1.807, 2.05) is 13.8 Å². The summed E-state index contributed by atoms with van der Waals surface area (Å²) in [5.74, 6) is -1.22. The minimum atomic E-state index is -0.838. The van der Waals surface area contributed by atoms with Crippen LogP contribution in [-0.2, 0) is 16.1 Å². The summed E-state index contributed by atoms with van der Waals surface area (Å²) in [6.45, 7) is 5.09. The van der Waals surface area contributed by atoms with Gasteiger partial charge in [-0.15, -0.1) is 0 Å². The van der Waals surface area contributed by atoms with Gasteiger partial charge in [0.25, 0.3) is 0 Å². The Morgan fingerprint density at radius 3 is 2.52 bits per heavy atom. The van der Waals surface area contributed by atoms with E-state index in [4.69, 9.17) is 18.6 Å². The zero-order valence-corrected chi connectivity index (χ0v) is 16.9. The molecule has 0 bridgehead atoms. The van der Waals surface area contributed by atoms with Crippen LogP contribution in [0.3, 0.4) is 0 Å². The number of carbonyl (C=O) groups is 1. The molecule has 0 saturated heterocycles. The molecule has 0 fully saturated rings. The van der Waals surface area contributed by atoms with E-state index in [2.05, 4.69) is 0 Å². The summed E-state index contributed by atoms with van der Waals surface area (Å²) in [7, 11) is 1.48. The van der Waals surface area contributed by atoms with Gasteiger partial charge in [-0.05, 0) is 38.5 Å². The van der Waals surface area contributed by atoms with E-state index < -0.39 is 29.7 Å². The maximum atomic E-state index is 12.2. The standard InChI is InChI=1S/C21H26O8/c1-5-27-19(24)10-15(21-20(25)16(23)9-14(11-22)29-21)13-6-7-17(28-12(2)3)18(8-13)26-4/h6-9,12,15,22,25H,5,10-11H2,1-4H3/t15-/m0/s1. The molecule has 0 aliphatic heterocycles. The number of hydrogen-bond donors (Lipinski definition) is 2. The summed E-state index contributed by atoms with van der Waals surface area (Å²) in [6, 6.07) is 6.01. The van der Waals surface area contributed by atoms with Crippen molar-refractivity contribution in [2.45, 2.75) is 45.8 Å². The normalized spacial score (nSPS) is 11.9. The lowest BCUT2D eigenvalue weighted by Gasteiger charge is -2.20. The number of ether oxygens (including phenoxy) is 3. The molecular weight excluding hydrogens is 380 g/mol. The molecule has 2 N–H and O–H groups in total. The molecule has 8 nitrogen and oxygen atoms in total. The average molecular weight is 406 g/mol. The molecule has 0 aliphatic carbocycles. The van der Waals surface area contributed by atoms with Crippen molar-refractivity contribution in [1.29, 1.82) is 0 Å². The van der Waals surface area contributed by atoms with E-state index in [1.54, 1.807) is 25.1 Å². The molecule has 158 valence electrons. The fourth-order valence-electron chi connectivity index (χ4n) is 2.87. The van der Waals surface area contributed by atoms with Crippen LogP contribution in [0.25, 0.3) is 0 Å². The Balaban J connectivity index is 2.59. The molecule has 0 spiro atoms. The fraction of sp³-hybridized carbons (Fsp3) is 0.429. The van der Waals surface area contributed by atoms with Crippen LogP contribution in [-0.4, -0.2) is 36.0 Å². The van der Waals surface area contributed by atoms with Gasteiger partial charge in [0.2, 0.25) is 11.2 Å². The minimum Gasteiger partial charge on any atom is -0.502 e. The van der Waals surface area contributed by atoms with E-state index in [9.17, 15) is 19.8 Å². The second-order valence-electron chi connectivity index (χ2n) is 6.59.